The predicted octanol–water partition coefficient (Wildman–Crippen LogP) is 3.33. The van der Waals surface area contributed by atoms with Gasteiger partial charge in [0.05, 0.1) is 0 Å². The molecule has 2 aromatic rings. The first kappa shape index (κ1) is 11.5. The maximum atomic E-state index is 12.7. The van der Waals surface area contributed by atoms with Crippen LogP contribution in [0.4, 0.5) is 15.8 Å². The molecule has 0 saturated carbocycles. The maximum Gasteiger partial charge on any atom is 0.123 e. The summed E-state index contributed by atoms with van der Waals surface area (Å²) in [5, 5.41) is 3.29. The Balaban J connectivity index is 2.07. The Hall–Kier alpha value is -2.03. The zero-order valence-electron chi connectivity index (χ0n) is 9.70. The Bertz CT molecular complexity index is 506. The van der Waals surface area contributed by atoms with Crippen LogP contribution in [0.3, 0.4) is 0 Å². The number of anilines is 2. The van der Waals surface area contributed by atoms with Crippen LogP contribution >= 0.6 is 0 Å². The van der Waals surface area contributed by atoms with Crippen molar-refractivity contribution < 1.29 is 4.39 Å². The summed E-state index contributed by atoms with van der Waals surface area (Å²) >= 11 is 0. The van der Waals surface area contributed by atoms with E-state index in [4.69, 9.17) is 5.73 Å². The molecule has 2 aromatic carbocycles. The maximum absolute atomic E-state index is 12.7. The summed E-state index contributed by atoms with van der Waals surface area (Å²) in [7, 11) is 0. The van der Waals surface area contributed by atoms with Crippen molar-refractivity contribution in [2.45, 2.75) is 13.5 Å². The van der Waals surface area contributed by atoms with Crippen LogP contribution in [-0.4, -0.2) is 0 Å². The fourth-order valence-corrected chi connectivity index (χ4v) is 1.63. The molecule has 3 N–H and O–H groups in total. The monoisotopic (exact) mass is 230 g/mol. The minimum absolute atomic E-state index is 0.214. The molecule has 2 nitrogen and oxygen atoms in total. The molecule has 0 amide bonds. The summed E-state index contributed by atoms with van der Waals surface area (Å²) in [6, 6.07) is 12.2. The van der Waals surface area contributed by atoms with Crippen LogP contribution in [0.25, 0.3) is 0 Å². The lowest BCUT2D eigenvalue weighted by Crippen LogP contribution is -2.01. The van der Waals surface area contributed by atoms with E-state index < -0.39 is 0 Å². The highest BCUT2D eigenvalue weighted by molar-refractivity contribution is 5.59. The largest absolute Gasteiger partial charge is 0.399 e. The second-order valence-electron chi connectivity index (χ2n) is 4.05. The third-order valence-corrected chi connectivity index (χ3v) is 2.66. The number of nitrogens with one attached hydrogen (secondary N) is 1. The van der Waals surface area contributed by atoms with Crippen molar-refractivity contribution in [3.63, 3.8) is 0 Å². The van der Waals surface area contributed by atoms with E-state index in [0.717, 1.165) is 22.5 Å². The number of hydrogen-bond acceptors (Lipinski definition) is 2. The first-order chi connectivity index (χ1) is 8.15. The van der Waals surface area contributed by atoms with E-state index in [1.54, 1.807) is 12.1 Å². The molecule has 2 rings (SSSR count). The van der Waals surface area contributed by atoms with Crippen LogP contribution in [0.15, 0.2) is 42.5 Å². The molecule has 0 aliphatic carbocycles. The van der Waals surface area contributed by atoms with Crippen molar-refractivity contribution in [1.82, 2.24) is 0 Å². The molecule has 0 bridgehead atoms. The van der Waals surface area contributed by atoms with Gasteiger partial charge in [-0.05, 0) is 42.3 Å². The molecule has 0 aliphatic heterocycles. The smallest absolute Gasteiger partial charge is 0.123 e. The Morgan fingerprint density at radius 3 is 2.53 bits per heavy atom. The third-order valence-electron chi connectivity index (χ3n) is 2.66. The molecule has 0 fully saturated rings. The number of aryl methyl sites for hydroxylation is 1. The van der Waals surface area contributed by atoms with Crippen molar-refractivity contribution in [1.29, 1.82) is 0 Å². The molecule has 0 unspecified atom stereocenters. The van der Waals surface area contributed by atoms with Gasteiger partial charge in [-0.3, -0.25) is 0 Å². The summed E-state index contributed by atoms with van der Waals surface area (Å²) in [6.45, 7) is 2.68. The quantitative estimate of drug-likeness (QED) is 0.794. The topological polar surface area (TPSA) is 38.0 Å². The number of rotatable bonds is 3. The van der Waals surface area contributed by atoms with Gasteiger partial charge in [-0.15, -0.1) is 0 Å². The highest BCUT2D eigenvalue weighted by atomic mass is 19.1. The minimum Gasteiger partial charge on any atom is -0.399 e. The van der Waals surface area contributed by atoms with Crippen molar-refractivity contribution >= 4 is 11.4 Å². The molecule has 0 spiro atoms. The molecular weight excluding hydrogens is 215 g/mol. The second-order valence-corrected chi connectivity index (χ2v) is 4.05. The van der Waals surface area contributed by atoms with E-state index in [1.807, 2.05) is 25.1 Å². The molecular formula is C14H15FN2. The zero-order chi connectivity index (χ0) is 12.3. The summed E-state index contributed by atoms with van der Waals surface area (Å²) in [5.74, 6) is -0.214. The normalized spacial score (nSPS) is 10.2. The molecule has 17 heavy (non-hydrogen) atoms. The molecule has 0 heterocycles. The average Bonchev–Trinajstić information content (AvgIpc) is 2.32. The van der Waals surface area contributed by atoms with Crippen molar-refractivity contribution in [3.8, 4) is 0 Å². The van der Waals surface area contributed by atoms with Crippen LogP contribution in [0.1, 0.15) is 11.1 Å². The van der Waals surface area contributed by atoms with Crippen LogP contribution in [0.2, 0.25) is 0 Å². The highest BCUT2D eigenvalue weighted by Gasteiger charge is 1.99. The number of nitrogen functional groups attached to an aromatic ring is 1. The average molecular weight is 230 g/mol. The summed E-state index contributed by atoms with van der Waals surface area (Å²) in [6.07, 6.45) is 0. The Labute approximate surface area is 100 Å². The molecule has 3 heteroatoms. The van der Waals surface area contributed by atoms with E-state index in [9.17, 15) is 4.39 Å². The second kappa shape index (κ2) is 4.87. The molecule has 0 saturated heterocycles. The lowest BCUT2D eigenvalue weighted by molar-refractivity contribution is 0.627. The lowest BCUT2D eigenvalue weighted by atomic mass is 10.1. The molecule has 0 aromatic heterocycles. The van der Waals surface area contributed by atoms with Crippen LogP contribution in [0, 0.1) is 12.7 Å². The van der Waals surface area contributed by atoms with Gasteiger partial charge in [0, 0.05) is 17.9 Å². The van der Waals surface area contributed by atoms with Crippen molar-refractivity contribution in [3.05, 3.63) is 59.4 Å². The van der Waals surface area contributed by atoms with Crippen molar-refractivity contribution in [2.75, 3.05) is 11.1 Å². The van der Waals surface area contributed by atoms with Gasteiger partial charge in [0.2, 0.25) is 0 Å². The highest BCUT2D eigenvalue weighted by Crippen LogP contribution is 2.18. The van der Waals surface area contributed by atoms with E-state index >= 15 is 0 Å². The zero-order valence-corrected chi connectivity index (χ0v) is 9.70. The number of hydrogen-bond donors (Lipinski definition) is 2. The van der Waals surface area contributed by atoms with Crippen LogP contribution in [0.5, 0.6) is 0 Å². The van der Waals surface area contributed by atoms with Gasteiger partial charge in [0.25, 0.3) is 0 Å². The fraction of sp³-hybridized carbons (Fsp3) is 0.143. The van der Waals surface area contributed by atoms with Gasteiger partial charge in [0.15, 0.2) is 0 Å². The molecule has 0 radical (unpaired) electrons. The lowest BCUT2D eigenvalue weighted by Gasteiger charge is -2.10. The first-order valence-corrected chi connectivity index (χ1v) is 5.49. The summed E-state index contributed by atoms with van der Waals surface area (Å²) < 4.78 is 12.7. The summed E-state index contributed by atoms with van der Waals surface area (Å²) in [4.78, 5) is 0. The molecule has 0 atom stereocenters. The SMILES string of the molecule is Cc1ccc(N)cc1NCc1ccc(F)cc1. The van der Waals surface area contributed by atoms with Gasteiger partial charge >= 0.3 is 0 Å². The first-order valence-electron chi connectivity index (χ1n) is 5.49. The van der Waals surface area contributed by atoms with Gasteiger partial charge < -0.3 is 11.1 Å². The Morgan fingerprint density at radius 1 is 1.12 bits per heavy atom. The van der Waals surface area contributed by atoms with E-state index in [2.05, 4.69) is 5.32 Å². The number of halogens is 1. The molecule has 0 aliphatic rings. The molecule has 88 valence electrons. The fourth-order valence-electron chi connectivity index (χ4n) is 1.63. The van der Waals surface area contributed by atoms with Crippen LogP contribution < -0.4 is 11.1 Å². The number of benzene rings is 2. The standard InChI is InChI=1S/C14H15FN2/c1-10-2-7-13(16)8-14(10)17-9-11-3-5-12(15)6-4-11/h2-8,17H,9,16H2,1H3. The van der Waals surface area contributed by atoms with E-state index in [-0.39, 0.29) is 5.82 Å². The minimum atomic E-state index is -0.214. The predicted molar refractivity (Wildman–Crippen MR) is 69.3 cm³/mol. The van der Waals surface area contributed by atoms with Crippen LogP contribution in [-0.2, 0) is 6.54 Å². The number of nitrogens with two attached hydrogens (primary N) is 1. The Morgan fingerprint density at radius 2 is 1.82 bits per heavy atom. The van der Waals surface area contributed by atoms with Gasteiger partial charge in [-0.2, -0.15) is 0 Å². The van der Waals surface area contributed by atoms with Gasteiger partial charge in [0.1, 0.15) is 5.82 Å². The third kappa shape index (κ3) is 2.97. The van der Waals surface area contributed by atoms with E-state index in [1.165, 1.54) is 12.1 Å². The van der Waals surface area contributed by atoms with E-state index in [0.29, 0.717) is 6.54 Å². The summed E-state index contributed by atoms with van der Waals surface area (Å²) in [5.41, 5.74) is 9.64. The Kier molecular flexibility index (Phi) is 3.28. The van der Waals surface area contributed by atoms with Gasteiger partial charge in [-0.1, -0.05) is 18.2 Å². The van der Waals surface area contributed by atoms with Crippen molar-refractivity contribution in [2.24, 2.45) is 0 Å². The van der Waals surface area contributed by atoms with Gasteiger partial charge in [-0.25, -0.2) is 4.39 Å².